The maximum Gasteiger partial charge on any atom is 0.373 e. The average Bonchev–Trinajstić information content (AvgIpc) is 1.72. The number of methoxy groups -OCH3 is 1. The SMILES string of the molecule is CNC(=O)C[C@@H]1NC(=O)c2csc(n2)-c2ccc(-c3nc(N(Cc4ncc(C(=O)O)o4)C(=O)C4CCC(C(=O)O)CC4)cs3)nc2-c2csc(n2)-c2csc(n2)[C@H]([C@@H](O)c2ccccc2)NC(=O)CNC(=O)c2nc(sc2COC)C(C(C)C)NC(=O)c2nc1sc2C. The summed E-state index contributed by atoms with van der Waals surface area (Å²) in [4.78, 5) is 149. The number of carboxylic acid groups (broad SMARTS) is 2. The highest BCUT2D eigenvalue weighted by atomic mass is 32.1. The Morgan fingerprint density at radius 2 is 1.41 bits per heavy atom. The first-order valence-electron chi connectivity index (χ1n) is 28.9. The zero-order valence-electron chi connectivity index (χ0n) is 50.0. The van der Waals surface area contributed by atoms with Crippen molar-refractivity contribution in [2.75, 3.05) is 25.6 Å². The number of carbonyl (C=O) groups is 8. The highest BCUT2D eigenvalue weighted by molar-refractivity contribution is 7.15. The molecule has 93 heavy (non-hydrogen) atoms. The summed E-state index contributed by atoms with van der Waals surface area (Å²) in [5.74, 6) is -7.48. The molecule has 482 valence electrons. The van der Waals surface area contributed by atoms with Gasteiger partial charge in [-0.3, -0.25) is 38.5 Å². The Morgan fingerprint density at radius 1 is 0.710 bits per heavy atom. The number of aliphatic carboxylic acids is 1. The van der Waals surface area contributed by atoms with Gasteiger partial charge in [-0.05, 0) is 56.2 Å². The second kappa shape index (κ2) is 28.5. The normalized spacial score (nSPS) is 18.4. The van der Waals surface area contributed by atoms with Gasteiger partial charge in [0.1, 0.15) is 88.7 Å². The number of aryl methyl sites for hydroxylation is 1. The summed E-state index contributed by atoms with van der Waals surface area (Å²) in [5, 5.41) is 54.0. The van der Waals surface area contributed by atoms with Crippen molar-refractivity contribution < 1.29 is 62.8 Å². The number of fused-ring (bicyclic) bond motifs is 14. The van der Waals surface area contributed by atoms with Gasteiger partial charge in [-0.25, -0.2) is 44.7 Å². The molecule has 10 bridgehead atoms. The van der Waals surface area contributed by atoms with Crippen molar-refractivity contribution in [1.29, 1.82) is 0 Å². The third kappa shape index (κ3) is 14.6. The van der Waals surface area contributed by atoms with E-state index >= 15 is 0 Å². The highest BCUT2D eigenvalue weighted by Crippen LogP contribution is 2.41. The summed E-state index contributed by atoms with van der Waals surface area (Å²) in [6, 6.07) is 9.20. The molecule has 9 aromatic rings. The first-order valence-corrected chi connectivity index (χ1v) is 34.0. The van der Waals surface area contributed by atoms with Crippen LogP contribution in [0.5, 0.6) is 0 Å². The third-order valence-corrected chi connectivity index (χ3v) is 21.0. The molecule has 1 fully saturated rings. The molecule has 11 rings (SSSR count). The second-order valence-corrected chi connectivity index (χ2v) is 27.7. The van der Waals surface area contributed by atoms with Crippen molar-refractivity contribution in [3.8, 4) is 43.4 Å². The fourth-order valence-corrected chi connectivity index (χ4v) is 16.0. The van der Waals surface area contributed by atoms with Gasteiger partial charge in [0.15, 0.2) is 0 Å². The van der Waals surface area contributed by atoms with Crippen LogP contribution in [0.3, 0.4) is 0 Å². The maximum absolute atomic E-state index is 14.5. The maximum atomic E-state index is 14.5. The minimum absolute atomic E-state index is 0.0182. The molecule has 0 saturated heterocycles. The first-order chi connectivity index (χ1) is 44.7. The topological polar surface area (TPSA) is 386 Å². The Labute approximate surface area is 553 Å². The van der Waals surface area contributed by atoms with E-state index in [1.165, 1.54) is 30.4 Å². The fraction of sp³-hybridized carbons (Fsp3) is 0.333. The Kier molecular flexibility index (Phi) is 20.1. The van der Waals surface area contributed by atoms with Gasteiger partial charge in [0.25, 0.3) is 17.7 Å². The monoisotopic (exact) mass is 1370 g/mol. The van der Waals surface area contributed by atoms with E-state index in [-0.39, 0.29) is 83.7 Å². The van der Waals surface area contributed by atoms with Gasteiger partial charge in [-0.2, -0.15) is 0 Å². The van der Waals surface area contributed by atoms with E-state index in [1.54, 1.807) is 70.9 Å². The van der Waals surface area contributed by atoms with Crippen molar-refractivity contribution in [3.05, 3.63) is 129 Å². The number of carboxylic acids is 2. The van der Waals surface area contributed by atoms with Crippen LogP contribution in [0.25, 0.3) is 43.4 Å². The number of rotatable bonds is 14. The van der Waals surface area contributed by atoms with Gasteiger partial charge in [0.05, 0.1) is 54.3 Å². The Hall–Kier alpha value is -8.96. The predicted octanol–water partition coefficient (Wildman–Crippen LogP) is 8.42. The number of amides is 6. The number of anilines is 1. The number of thiazole rings is 6. The van der Waals surface area contributed by atoms with E-state index in [0.717, 1.165) is 62.9 Å². The molecule has 2 aliphatic rings. The van der Waals surface area contributed by atoms with E-state index in [0.29, 0.717) is 75.8 Å². The van der Waals surface area contributed by atoms with Crippen LogP contribution >= 0.6 is 68.0 Å². The molecule has 1 saturated carbocycles. The zero-order chi connectivity index (χ0) is 65.8. The van der Waals surface area contributed by atoms with Gasteiger partial charge in [0, 0.05) is 52.0 Å². The first kappa shape index (κ1) is 65.5. The summed E-state index contributed by atoms with van der Waals surface area (Å²) in [5.41, 5.74) is 2.23. The van der Waals surface area contributed by atoms with Crippen molar-refractivity contribution in [1.82, 2.24) is 66.5 Å². The van der Waals surface area contributed by atoms with E-state index in [1.807, 2.05) is 13.8 Å². The Balaban J connectivity index is 0.988. The summed E-state index contributed by atoms with van der Waals surface area (Å²) >= 11 is 6.94. The van der Waals surface area contributed by atoms with Crippen molar-refractivity contribution >= 4 is 121 Å². The van der Waals surface area contributed by atoms with Crippen LogP contribution in [0.4, 0.5) is 5.82 Å². The lowest BCUT2D eigenvalue weighted by Gasteiger charge is -2.29. The number of aromatic carboxylic acids is 1. The molecule has 6 amide bonds. The highest BCUT2D eigenvalue weighted by Gasteiger charge is 2.36. The van der Waals surface area contributed by atoms with Gasteiger partial charge < -0.3 is 51.1 Å². The average molecular weight is 1380 g/mol. The second-order valence-electron chi connectivity index (χ2n) is 21.9. The molecule has 1 aromatic carbocycles. The minimum Gasteiger partial charge on any atom is -0.481 e. The number of pyridine rings is 1. The summed E-state index contributed by atoms with van der Waals surface area (Å²) < 4.78 is 10.9. The van der Waals surface area contributed by atoms with E-state index in [2.05, 4.69) is 31.6 Å². The number of aliphatic hydroxyl groups is 1. The lowest BCUT2D eigenvalue weighted by Crippen LogP contribution is -2.40. The van der Waals surface area contributed by atoms with Crippen molar-refractivity contribution in [3.63, 3.8) is 0 Å². The van der Waals surface area contributed by atoms with Crippen LogP contribution in [-0.4, -0.2) is 123 Å². The summed E-state index contributed by atoms with van der Waals surface area (Å²) in [6.07, 6.45) is 0.623. The minimum atomic E-state index is -1.35. The molecule has 4 atom stereocenters. The molecule has 1 aliphatic heterocycles. The predicted molar refractivity (Wildman–Crippen MR) is 345 cm³/mol. The number of nitrogens with one attached hydrogen (secondary N) is 5. The van der Waals surface area contributed by atoms with E-state index in [4.69, 9.17) is 44.0 Å². The van der Waals surface area contributed by atoms with Crippen LogP contribution in [0.1, 0.15) is 148 Å². The molecule has 0 spiro atoms. The number of benzene rings is 1. The van der Waals surface area contributed by atoms with Crippen LogP contribution in [-0.2, 0) is 37.1 Å². The lowest BCUT2D eigenvalue weighted by molar-refractivity contribution is -0.144. The van der Waals surface area contributed by atoms with Gasteiger partial charge in [-0.1, -0.05) is 44.2 Å². The number of hydrogen-bond acceptors (Lipinski definition) is 25. The molecule has 1 aliphatic carbocycles. The molecular formula is C60H58N14O13S6. The molecule has 8 aromatic heterocycles. The fourth-order valence-electron chi connectivity index (χ4n) is 10.4. The molecule has 27 nitrogen and oxygen atoms in total. The molecule has 33 heteroatoms. The summed E-state index contributed by atoms with van der Waals surface area (Å²) in [7, 11) is 2.91. The standard InChI is InChI=1S/C60H58N14O13S6/c1-26(2)43-57-73-46(38(93-57)21-86-5)50(79)63-19-41(76)70-47(48(77)28-9-7-6-8-10-28)56-68-36(24-90-56)54-66-34(22-89-54)45-31(52-67-35(23-88-52)49(78)65-33(17-40(75)61-4)55-72-44(27(3)92-55)51(80)71-43)15-16-32(64-45)53-69-39(25-91-53)74(20-42-62-18-37(87-42)60(84)85)58(81)29-11-13-30(14-12-29)59(82)83/h6-10,15-16,18,22-26,29-30,33,43,47-48,77H,11-14,17,19-21H2,1-5H3,(H,61,75)(H,63,79)(H,65,78)(H,70,76)(H,71,80)(H,82,83)(H,84,85)/t29?,30?,33-,43?,47-,48-/m0/s1. The number of carbonyl (C=O) groups excluding carboxylic acids is 6. The molecular weight excluding hydrogens is 1320 g/mol. The van der Waals surface area contributed by atoms with Gasteiger partial charge in [0.2, 0.25) is 29.4 Å². The van der Waals surface area contributed by atoms with Crippen LogP contribution < -0.4 is 31.5 Å². The number of oxazole rings is 1. The van der Waals surface area contributed by atoms with Crippen LogP contribution in [0.2, 0.25) is 0 Å². The number of nitrogens with zero attached hydrogens (tertiary/aromatic N) is 9. The number of hydrogen-bond donors (Lipinski definition) is 8. The Bertz CT molecular complexity index is 4300. The van der Waals surface area contributed by atoms with Crippen LogP contribution in [0, 0.1) is 24.7 Å². The molecule has 0 radical (unpaired) electrons. The van der Waals surface area contributed by atoms with Crippen molar-refractivity contribution in [2.45, 2.75) is 90.3 Å². The number of ether oxygens (including phenoxy) is 1. The molecule has 9 heterocycles. The quantitative estimate of drug-likeness (QED) is 0.0506. The van der Waals surface area contributed by atoms with Crippen molar-refractivity contribution in [2.24, 2.45) is 17.8 Å². The zero-order valence-corrected chi connectivity index (χ0v) is 54.9. The van der Waals surface area contributed by atoms with Gasteiger partial charge in [-0.15, -0.1) is 68.0 Å². The van der Waals surface area contributed by atoms with Crippen LogP contribution in [0.15, 0.2) is 74.6 Å². The smallest absolute Gasteiger partial charge is 0.373 e. The molecule has 8 N–H and O–H groups in total. The Morgan fingerprint density at radius 3 is 2.13 bits per heavy atom. The van der Waals surface area contributed by atoms with Gasteiger partial charge >= 0.3 is 11.9 Å². The van der Waals surface area contributed by atoms with E-state index < -0.39 is 89.8 Å². The molecule has 1 unspecified atom stereocenters. The number of aliphatic hydroxyl groups excluding tert-OH is 1. The summed E-state index contributed by atoms with van der Waals surface area (Å²) in [6.45, 7) is 4.58. The largest absolute Gasteiger partial charge is 0.481 e. The third-order valence-electron chi connectivity index (χ3n) is 15.3. The van der Waals surface area contributed by atoms with E-state index in [9.17, 15) is 53.7 Å². The number of aromatic nitrogens is 8. The lowest BCUT2D eigenvalue weighted by atomic mass is 9.81.